The lowest BCUT2D eigenvalue weighted by molar-refractivity contribution is 0.0997. The number of amides is 1. The van der Waals surface area contributed by atoms with E-state index in [4.69, 9.17) is 0 Å². The second-order valence-electron chi connectivity index (χ2n) is 5.43. The van der Waals surface area contributed by atoms with Crippen LogP contribution in [-0.4, -0.2) is 10.5 Å². The second-order valence-corrected chi connectivity index (χ2v) is 7.36. The fourth-order valence-corrected chi connectivity index (χ4v) is 4.11. The molecule has 0 spiro atoms. The van der Waals surface area contributed by atoms with Gasteiger partial charge in [-0.15, -0.1) is 0 Å². The second kappa shape index (κ2) is 6.81. The predicted octanol–water partition coefficient (Wildman–Crippen LogP) is 4.92. The number of carbonyl (C=O) groups excluding carboxylic acids is 1. The Morgan fingerprint density at radius 3 is 2.83 bits per heavy atom. The van der Waals surface area contributed by atoms with Crippen molar-refractivity contribution in [2.24, 2.45) is 4.99 Å². The predicted molar refractivity (Wildman–Crippen MR) is 98.9 cm³/mol. The average Bonchev–Trinajstić information content (AvgIpc) is 2.84. The van der Waals surface area contributed by atoms with Crippen LogP contribution < -0.4 is 4.80 Å². The van der Waals surface area contributed by atoms with Gasteiger partial charge in [0, 0.05) is 16.6 Å². The van der Waals surface area contributed by atoms with E-state index in [0.29, 0.717) is 5.56 Å². The molecule has 1 aromatic heterocycles. The molecule has 0 saturated heterocycles. The minimum Gasteiger partial charge on any atom is -0.316 e. The molecular formula is C18H17BrN2OS. The molecule has 3 rings (SSSR count). The van der Waals surface area contributed by atoms with Crippen molar-refractivity contribution in [2.45, 2.75) is 26.8 Å². The van der Waals surface area contributed by atoms with Gasteiger partial charge in [-0.2, -0.15) is 4.99 Å². The van der Waals surface area contributed by atoms with E-state index < -0.39 is 0 Å². The zero-order valence-electron chi connectivity index (χ0n) is 13.0. The molecule has 0 aliphatic heterocycles. The highest BCUT2D eigenvalue weighted by Crippen LogP contribution is 2.22. The fourth-order valence-electron chi connectivity index (χ4n) is 2.50. The lowest BCUT2D eigenvalue weighted by Crippen LogP contribution is -2.16. The molecule has 0 aliphatic carbocycles. The van der Waals surface area contributed by atoms with Crippen molar-refractivity contribution in [1.29, 1.82) is 0 Å². The largest absolute Gasteiger partial charge is 0.316 e. The SMILES string of the molecule is CCCn1c(=NC(=O)c2cccc(C)c2)sc2cc(Br)ccc21. The monoisotopic (exact) mass is 388 g/mol. The molecule has 0 atom stereocenters. The van der Waals surface area contributed by atoms with Crippen LogP contribution in [0, 0.1) is 6.92 Å². The Bertz CT molecular complexity index is 940. The van der Waals surface area contributed by atoms with Crippen LogP contribution in [0.25, 0.3) is 10.2 Å². The molecule has 1 amide bonds. The summed E-state index contributed by atoms with van der Waals surface area (Å²) in [5, 5.41) is 0. The Labute approximate surface area is 147 Å². The molecule has 1 heterocycles. The molecule has 0 bridgehead atoms. The third-order valence-electron chi connectivity index (χ3n) is 3.55. The maximum absolute atomic E-state index is 12.5. The van der Waals surface area contributed by atoms with Crippen LogP contribution in [0.2, 0.25) is 0 Å². The van der Waals surface area contributed by atoms with Gasteiger partial charge in [-0.3, -0.25) is 4.79 Å². The number of fused-ring (bicyclic) bond motifs is 1. The Morgan fingerprint density at radius 2 is 2.09 bits per heavy atom. The summed E-state index contributed by atoms with van der Waals surface area (Å²) < 4.78 is 4.29. The van der Waals surface area contributed by atoms with Gasteiger partial charge in [0.25, 0.3) is 5.91 Å². The van der Waals surface area contributed by atoms with Gasteiger partial charge in [0.15, 0.2) is 4.80 Å². The lowest BCUT2D eigenvalue weighted by Gasteiger charge is -2.02. The summed E-state index contributed by atoms with van der Waals surface area (Å²) in [7, 11) is 0. The molecular weight excluding hydrogens is 372 g/mol. The molecule has 3 nitrogen and oxygen atoms in total. The number of benzene rings is 2. The van der Waals surface area contributed by atoms with Crippen molar-refractivity contribution in [1.82, 2.24) is 4.57 Å². The first kappa shape index (κ1) is 16.1. The molecule has 0 aliphatic rings. The topological polar surface area (TPSA) is 34.4 Å². The van der Waals surface area contributed by atoms with E-state index in [1.165, 1.54) is 0 Å². The van der Waals surface area contributed by atoms with Crippen molar-refractivity contribution < 1.29 is 4.79 Å². The fraction of sp³-hybridized carbons (Fsp3) is 0.222. The van der Waals surface area contributed by atoms with Crippen molar-refractivity contribution in [3.63, 3.8) is 0 Å². The minimum atomic E-state index is -0.191. The number of aryl methyl sites for hydroxylation is 2. The van der Waals surface area contributed by atoms with Crippen molar-refractivity contribution >= 4 is 43.4 Å². The first-order valence-corrected chi connectivity index (χ1v) is 9.14. The Morgan fingerprint density at radius 1 is 1.26 bits per heavy atom. The molecule has 0 unspecified atom stereocenters. The molecule has 5 heteroatoms. The van der Waals surface area contributed by atoms with Crippen LogP contribution in [0.5, 0.6) is 0 Å². The van der Waals surface area contributed by atoms with Gasteiger partial charge < -0.3 is 4.57 Å². The lowest BCUT2D eigenvalue weighted by atomic mass is 10.1. The summed E-state index contributed by atoms with van der Waals surface area (Å²) in [6.45, 7) is 4.95. The number of carbonyl (C=O) groups is 1. The van der Waals surface area contributed by atoms with Crippen LogP contribution >= 0.6 is 27.3 Å². The van der Waals surface area contributed by atoms with Gasteiger partial charge in [-0.25, -0.2) is 0 Å². The number of hydrogen-bond donors (Lipinski definition) is 0. The highest BCUT2D eigenvalue weighted by molar-refractivity contribution is 9.10. The first-order valence-electron chi connectivity index (χ1n) is 7.53. The standard InChI is InChI=1S/C18H17BrN2OS/c1-3-9-21-15-8-7-14(19)11-16(15)23-18(21)20-17(22)13-6-4-5-12(2)10-13/h4-8,10-11H,3,9H2,1-2H3. The van der Waals surface area contributed by atoms with Gasteiger partial charge in [0.2, 0.25) is 0 Å². The summed E-state index contributed by atoms with van der Waals surface area (Å²) >= 11 is 5.05. The molecule has 0 saturated carbocycles. The van der Waals surface area contributed by atoms with Gasteiger partial charge >= 0.3 is 0 Å². The Balaban J connectivity index is 2.14. The highest BCUT2D eigenvalue weighted by atomic mass is 79.9. The molecule has 118 valence electrons. The van der Waals surface area contributed by atoms with E-state index in [1.54, 1.807) is 11.3 Å². The van der Waals surface area contributed by atoms with E-state index in [9.17, 15) is 4.79 Å². The van der Waals surface area contributed by atoms with E-state index in [1.807, 2.05) is 37.3 Å². The van der Waals surface area contributed by atoms with Crippen molar-refractivity contribution in [2.75, 3.05) is 0 Å². The van der Waals surface area contributed by atoms with E-state index in [2.05, 4.69) is 44.5 Å². The number of aromatic nitrogens is 1. The number of hydrogen-bond acceptors (Lipinski definition) is 2. The molecule has 2 aromatic carbocycles. The summed E-state index contributed by atoms with van der Waals surface area (Å²) in [6.07, 6.45) is 0.994. The van der Waals surface area contributed by atoms with E-state index in [-0.39, 0.29) is 5.91 Å². The Kier molecular flexibility index (Phi) is 4.78. The van der Waals surface area contributed by atoms with Gasteiger partial charge in [0.1, 0.15) is 0 Å². The van der Waals surface area contributed by atoms with E-state index in [0.717, 1.165) is 38.0 Å². The average molecular weight is 389 g/mol. The number of nitrogens with zero attached hydrogens (tertiary/aromatic N) is 2. The molecule has 23 heavy (non-hydrogen) atoms. The van der Waals surface area contributed by atoms with Crippen LogP contribution in [0.3, 0.4) is 0 Å². The van der Waals surface area contributed by atoms with Gasteiger partial charge in [-0.1, -0.05) is 51.9 Å². The first-order chi connectivity index (χ1) is 11.1. The summed E-state index contributed by atoms with van der Waals surface area (Å²) in [5.41, 5.74) is 2.82. The third-order valence-corrected chi connectivity index (χ3v) is 5.09. The zero-order chi connectivity index (χ0) is 16.4. The third kappa shape index (κ3) is 3.46. The van der Waals surface area contributed by atoms with Crippen LogP contribution in [0.4, 0.5) is 0 Å². The summed E-state index contributed by atoms with van der Waals surface area (Å²) in [6, 6.07) is 13.7. The number of thiazole rings is 1. The number of rotatable bonds is 3. The molecule has 3 aromatic rings. The molecule has 0 N–H and O–H groups in total. The molecule has 0 radical (unpaired) electrons. The van der Waals surface area contributed by atoms with Crippen molar-refractivity contribution in [3.8, 4) is 0 Å². The van der Waals surface area contributed by atoms with Crippen LogP contribution in [-0.2, 0) is 6.54 Å². The van der Waals surface area contributed by atoms with Gasteiger partial charge in [-0.05, 0) is 43.7 Å². The summed E-state index contributed by atoms with van der Waals surface area (Å²) in [5.74, 6) is -0.191. The Hall–Kier alpha value is -1.72. The number of halogens is 1. The minimum absolute atomic E-state index is 0.191. The smallest absolute Gasteiger partial charge is 0.279 e. The van der Waals surface area contributed by atoms with Crippen LogP contribution in [0.1, 0.15) is 29.3 Å². The summed E-state index contributed by atoms with van der Waals surface area (Å²) in [4.78, 5) is 17.6. The maximum atomic E-state index is 12.5. The van der Waals surface area contributed by atoms with Crippen molar-refractivity contribution in [3.05, 3.63) is 62.9 Å². The van der Waals surface area contributed by atoms with E-state index >= 15 is 0 Å². The molecule has 0 fully saturated rings. The highest BCUT2D eigenvalue weighted by Gasteiger charge is 2.09. The quantitative estimate of drug-likeness (QED) is 0.626. The van der Waals surface area contributed by atoms with Crippen LogP contribution in [0.15, 0.2) is 51.9 Å². The van der Waals surface area contributed by atoms with Gasteiger partial charge in [0.05, 0.1) is 10.2 Å². The zero-order valence-corrected chi connectivity index (χ0v) is 15.4. The normalized spacial score (nSPS) is 12.0. The maximum Gasteiger partial charge on any atom is 0.279 e.